The second-order valence-electron chi connectivity index (χ2n) is 5.66. The molecule has 144 valence electrons. The third-order valence-electron chi connectivity index (χ3n) is 3.81. The highest BCUT2D eigenvalue weighted by Crippen LogP contribution is 2.34. The number of aromatic nitrogens is 4. The molecule has 0 saturated heterocycles. The van der Waals surface area contributed by atoms with Crippen LogP contribution in [0.3, 0.4) is 0 Å². The highest BCUT2D eigenvalue weighted by Gasteiger charge is 2.17. The highest BCUT2D eigenvalue weighted by atomic mass is 79.9. The van der Waals surface area contributed by atoms with Gasteiger partial charge in [0.1, 0.15) is 11.5 Å². The van der Waals surface area contributed by atoms with Crippen LogP contribution in [0, 0.1) is 0 Å². The van der Waals surface area contributed by atoms with Gasteiger partial charge in [-0.2, -0.15) is 9.97 Å². The van der Waals surface area contributed by atoms with Crippen molar-refractivity contribution < 1.29 is 10.2 Å². The smallest absolute Gasteiger partial charge is 0.224 e. The van der Waals surface area contributed by atoms with Crippen LogP contribution in [0.15, 0.2) is 48.5 Å². The van der Waals surface area contributed by atoms with Crippen LogP contribution in [-0.4, -0.2) is 30.1 Å². The first-order valence-electron chi connectivity index (χ1n) is 7.71. The molecule has 0 fully saturated rings. The van der Waals surface area contributed by atoms with Crippen molar-refractivity contribution in [1.29, 1.82) is 0 Å². The van der Waals surface area contributed by atoms with Crippen molar-refractivity contribution in [2.75, 3.05) is 11.5 Å². The number of phenolic OH excluding ortho intramolecular Hbond substituents is 2. The van der Waals surface area contributed by atoms with Crippen LogP contribution in [0.4, 0.5) is 11.8 Å². The van der Waals surface area contributed by atoms with Gasteiger partial charge in [0.15, 0.2) is 17.0 Å². The molecule has 0 aliphatic rings. The minimum absolute atomic E-state index is 0. The molecule has 0 aliphatic heterocycles. The maximum Gasteiger partial charge on any atom is 0.224 e. The lowest BCUT2D eigenvalue weighted by Crippen LogP contribution is -2.05. The number of hydrogen-bond acceptors (Lipinski definition) is 8. The molecule has 10 heteroatoms. The number of nitrogen functional groups attached to an aromatic ring is 2. The number of rotatable bonds is 2. The lowest BCUT2D eigenvalue weighted by molar-refractivity contribution is 0.475. The Bertz CT molecular complexity index is 1160. The van der Waals surface area contributed by atoms with Crippen molar-refractivity contribution in [3.63, 3.8) is 0 Å². The standard InChI is InChI=1S/C18H14N6O2.2BrH/c19-16-15-17(24-18(20)23-16)22-14(10-4-2-6-12(26)8-10)13(21-15)9-3-1-5-11(25)7-9;;/h1-8,25-26H,(H4,19,20,22,23,24);2*1H. The molecular weight excluding hydrogens is 492 g/mol. The molecule has 2 heterocycles. The number of halogens is 2. The van der Waals surface area contributed by atoms with E-state index in [0.717, 1.165) is 0 Å². The molecule has 0 spiro atoms. The van der Waals surface area contributed by atoms with E-state index in [1.54, 1.807) is 48.5 Å². The van der Waals surface area contributed by atoms with Gasteiger partial charge >= 0.3 is 0 Å². The summed E-state index contributed by atoms with van der Waals surface area (Å²) in [5, 5.41) is 19.7. The molecule has 28 heavy (non-hydrogen) atoms. The molecule has 0 saturated carbocycles. The van der Waals surface area contributed by atoms with Crippen LogP contribution in [0.2, 0.25) is 0 Å². The van der Waals surface area contributed by atoms with Crippen molar-refractivity contribution in [1.82, 2.24) is 19.9 Å². The molecule has 0 bridgehead atoms. The largest absolute Gasteiger partial charge is 0.508 e. The molecule has 0 amide bonds. The minimum atomic E-state index is -0.00346. The Morgan fingerprint density at radius 3 is 1.75 bits per heavy atom. The second kappa shape index (κ2) is 8.36. The van der Waals surface area contributed by atoms with Crippen molar-refractivity contribution in [2.45, 2.75) is 0 Å². The lowest BCUT2D eigenvalue weighted by atomic mass is 10.0. The maximum absolute atomic E-state index is 9.83. The van der Waals surface area contributed by atoms with Gasteiger partial charge in [0, 0.05) is 11.1 Å². The molecule has 8 nitrogen and oxygen atoms in total. The fraction of sp³-hybridized carbons (Fsp3) is 0. The zero-order valence-corrected chi connectivity index (χ0v) is 17.7. The van der Waals surface area contributed by atoms with Gasteiger partial charge in [-0.1, -0.05) is 24.3 Å². The third-order valence-corrected chi connectivity index (χ3v) is 3.81. The normalized spacial score (nSPS) is 10.1. The third kappa shape index (κ3) is 3.97. The summed E-state index contributed by atoms with van der Waals surface area (Å²) in [6, 6.07) is 13.2. The van der Waals surface area contributed by atoms with Gasteiger partial charge in [0.25, 0.3) is 0 Å². The summed E-state index contributed by atoms with van der Waals surface area (Å²) < 4.78 is 0. The number of fused-ring (bicyclic) bond motifs is 1. The van der Waals surface area contributed by atoms with Crippen LogP contribution in [0.1, 0.15) is 0 Å². The molecule has 0 radical (unpaired) electrons. The Balaban J connectivity index is 0.00000140. The average Bonchev–Trinajstić information content (AvgIpc) is 2.60. The van der Waals surface area contributed by atoms with E-state index in [1.807, 2.05) is 0 Å². The summed E-state index contributed by atoms with van der Waals surface area (Å²) in [7, 11) is 0. The van der Waals surface area contributed by atoms with Gasteiger partial charge in [-0.15, -0.1) is 34.0 Å². The monoisotopic (exact) mass is 506 g/mol. The molecule has 0 aliphatic carbocycles. The second-order valence-corrected chi connectivity index (χ2v) is 5.66. The molecule has 4 rings (SSSR count). The van der Waals surface area contributed by atoms with E-state index >= 15 is 0 Å². The number of phenols is 2. The van der Waals surface area contributed by atoms with Crippen LogP contribution < -0.4 is 11.5 Å². The molecule has 6 N–H and O–H groups in total. The van der Waals surface area contributed by atoms with Crippen molar-refractivity contribution in [3.05, 3.63) is 48.5 Å². The van der Waals surface area contributed by atoms with Gasteiger partial charge in [-0.05, 0) is 24.3 Å². The maximum atomic E-state index is 9.83. The van der Waals surface area contributed by atoms with E-state index in [1.165, 1.54) is 0 Å². The van der Waals surface area contributed by atoms with Gasteiger partial charge < -0.3 is 21.7 Å². The van der Waals surface area contributed by atoms with Gasteiger partial charge in [-0.3, -0.25) is 0 Å². The first-order chi connectivity index (χ1) is 12.5. The zero-order valence-electron chi connectivity index (χ0n) is 14.3. The fourth-order valence-corrected chi connectivity index (χ4v) is 2.70. The number of nitrogens with zero attached hydrogens (tertiary/aromatic N) is 4. The molecule has 4 aromatic rings. The molecule has 0 unspecified atom stereocenters. The number of aromatic hydroxyl groups is 2. The van der Waals surface area contributed by atoms with E-state index in [0.29, 0.717) is 28.0 Å². The van der Waals surface area contributed by atoms with Gasteiger partial charge in [0.05, 0.1) is 11.4 Å². The summed E-state index contributed by atoms with van der Waals surface area (Å²) in [6.07, 6.45) is 0. The summed E-state index contributed by atoms with van der Waals surface area (Å²) in [4.78, 5) is 17.1. The van der Waals surface area contributed by atoms with Crippen LogP contribution in [0.25, 0.3) is 33.7 Å². The lowest BCUT2D eigenvalue weighted by Gasteiger charge is -2.11. The summed E-state index contributed by atoms with van der Waals surface area (Å²) in [5.74, 6) is 0.292. The average molecular weight is 508 g/mol. The first-order valence-corrected chi connectivity index (χ1v) is 7.71. The Labute approximate surface area is 180 Å². The molecule has 0 atom stereocenters. The Hall–Kier alpha value is -2.98. The highest BCUT2D eigenvalue weighted by molar-refractivity contribution is 8.93. The quantitative estimate of drug-likeness (QED) is 0.322. The Morgan fingerprint density at radius 1 is 0.679 bits per heavy atom. The number of hydrogen-bond donors (Lipinski definition) is 4. The summed E-state index contributed by atoms with van der Waals surface area (Å²) in [6.45, 7) is 0. The van der Waals surface area contributed by atoms with E-state index in [2.05, 4.69) is 19.9 Å². The molecular formula is C18H16Br2N6O2. The van der Waals surface area contributed by atoms with Gasteiger partial charge in [-0.25, -0.2) is 9.97 Å². The predicted molar refractivity (Wildman–Crippen MR) is 119 cm³/mol. The van der Waals surface area contributed by atoms with Crippen LogP contribution in [0.5, 0.6) is 11.5 Å². The van der Waals surface area contributed by atoms with E-state index in [4.69, 9.17) is 11.5 Å². The fourth-order valence-electron chi connectivity index (χ4n) is 2.70. The number of nitrogens with two attached hydrogens (primary N) is 2. The Morgan fingerprint density at radius 2 is 1.21 bits per heavy atom. The van der Waals surface area contributed by atoms with E-state index < -0.39 is 0 Å². The predicted octanol–water partition coefficient (Wildman–Crippen LogP) is 3.49. The summed E-state index contributed by atoms with van der Waals surface area (Å²) in [5.41, 5.74) is 14.3. The number of benzene rings is 2. The zero-order chi connectivity index (χ0) is 18.3. The van der Waals surface area contributed by atoms with Crippen LogP contribution in [-0.2, 0) is 0 Å². The number of anilines is 2. The van der Waals surface area contributed by atoms with E-state index in [-0.39, 0.29) is 62.9 Å². The molecule has 2 aromatic heterocycles. The van der Waals surface area contributed by atoms with Crippen molar-refractivity contribution in [2.24, 2.45) is 0 Å². The van der Waals surface area contributed by atoms with Crippen molar-refractivity contribution in [3.8, 4) is 34.0 Å². The SMILES string of the molecule is Br.Br.Nc1nc(N)c2nc(-c3cccc(O)c3)c(-c3cccc(O)c3)nc2n1. The first kappa shape index (κ1) is 21.3. The van der Waals surface area contributed by atoms with Gasteiger partial charge in [0.2, 0.25) is 5.95 Å². The summed E-state index contributed by atoms with van der Waals surface area (Å²) >= 11 is 0. The topological polar surface area (TPSA) is 144 Å². The van der Waals surface area contributed by atoms with Crippen LogP contribution >= 0.6 is 34.0 Å². The van der Waals surface area contributed by atoms with E-state index in [9.17, 15) is 10.2 Å². The minimum Gasteiger partial charge on any atom is -0.508 e. The van der Waals surface area contributed by atoms with Crippen molar-refractivity contribution >= 4 is 56.9 Å². The molecule has 2 aromatic carbocycles. The Kier molecular flexibility index (Phi) is 6.37.